The first-order valence-corrected chi connectivity index (χ1v) is 21.9. The third kappa shape index (κ3) is 5.30. The number of thiophene rings is 1. The van der Waals surface area contributed by atoms with Crippen molar-refractivity contribution in [3.63, 3.8) is 0 Å². The normalized spacial score (nSPS) is 11.9. The van der Waals surface area contributed by atoms with Crippen molar-refractivity contribution in [3.8, 4) is 27.9 Å². The summed E-state index contributed by atoms with van der Waals surface area (Å²) < 4.78 is 11.8. The summed E-state index contributed by atoms with van der Waals surface area (Å²) in [6.45, 7) is 0. The Morgan fingerprint density at radius 3 is 1.94 bits per heavy atom. The Balaban J connectivity index is 1.15. The molecule has 0 radical (unpaired) electrons. The molecule has 0 saturated carbocycles. The highest BCUT2D eigenvalue weighted by atomic mass is 32.1. The molecule has 13 rings (SSSR count). The number of rotatable bonds is 6. The molecule has 3 aromatic heterocycles. The molecule has 0 bridgehead atoms. The first-order valence-electron chi connectivity index (χ1n) is 21.1. The summed E-state index contributed by atoms with van der Waals surface area (Å²) in [7, 11) is 0. The van der Waals surface area contributed by atoms with Gasteiger partial charge in [-0.2, -0.15) is 0 Å². The maximum absolute atomic E-state index is 6.84. The lowest BCUT2D eigenvalue weighted by molar-refractivity contribution is 0.669. The van der Waals surface area contributed by atoms with E-state index < -0.39 is 0 Å². The van der Waals surface area contributed by atoms with Gasteiger partial charge in [0, 0.05) is 54.0 Å². The van der Waals surface area contributed by atoms with Crippen molar-refractivity contribution in [3.05, 3.63) is 218 Å². The van der Waals surface area contributed by atoms with Crippen LogP contribution in [0, 0.1) is 0 Å². The molecule has 3 heterocycles. The van der Waals surface area contributed by atoms with Gasteiger partial charge in [0.25, 0.3) is 0 Å². The van der Waals surface area contributed by atoms with Crippen molar-refractivity contribution in [2.45, 2.75) is 0 Å². The highest BCUT2D eigenvalue weighted by Crippen LogP contribution is 2.50. The molecule has 0 aliphatic carbocycles. The number of furan rings is 1. The maximum atomic E-state index is 6.84. The summed E-state index contributed by atoms with van der Waals surface area (Å²) >= 11 is 1.86. The Kier molecular flexibility index (Phi) is 7.78. The van der Waals surface area contributed by atoms with Crippen LogP contribution < -0.4 is 4.90 Å². The van der Waals surface area contributed by atoms with Crippen molar-refractivity contribution in [2.75, 3.05) is 4.90 Å². The summed E-state index contributed by atoms with van der Waals surface area (Å²) in [6.07, 6.45) is 0. The van der Waals surface area contributed by atoms with Crippen LogP contribution >= 0.6 is 11.3 Å². The Morgan fingerprint density at radius 2 is 1.11 bits per heavy atom. The number of hydrogen-bond acceptors (Lipinski definition) is 3. The smallest absolute Gasteiger partial charge is 0.159 e. The fourth-order valence-electron chi connectivity index (χ4n) is 9.80. The monoisotopic (exact) mass is 808 g/mol. The molecule has 0 spiro atoms. The zero-order chi connectivity index (χ0) is 40.7. The molecular weight excluding hydrogens is 773 g/mol. The molecule has 4 heteroatoms. The summed E-state index contributed by atoms with van der Waals surface area (Å²) in [6, 6.07) is 79.2. The lowest BCUT2D eigenvalue weighted by atomic mass is 9.95. The molecule has 0 aliphatic rings. The molecule has 0 atom stereocenters. The van der Waals surface area contributed by atoms with Crippen molar-refractivity contribution in [2.24, 2.45) is 0 Å². The predicted octanol–water partition coefficient (Wildman–Crippen LogP) is 17.0. The number of para-hydroxylation sites is 3. The van der Waals surface area contributed by atoms with E-state index in [1.54, 1.807) is 0 Å². The second-order valence-electron chi connectivity index (χ2n) is 16.0. The van der Waals surface area contributed by atoms with E-state index in [4.69, 9.17) is 4.42 Å². The van der Waals surface area contributed by atoms with E-state index in [-0.39, 0.29) is 0 Å². The van der Waals surface area contributed by atoms with E-state index in [1.807, 2.05) is 17.4 Å². The van der Waals surface area contributed by atoms with Gasteiger partial charge in [-0.3, -0.25) is 0 Å². The van der Waals surface area contributed by atoms with Crippen LogP contribution in [-0.4, -0.2) is 4.57 Å². The molecule has 10 aromatic carbocycles. The molecular formula is C58H36N2OS. The van der Waals surface area contributed by atoms with Gasteiger partial charge in [0.2, 0.25) is 0 Å². The van der Waals surface area contributed by atoms with Gasteiger partial charge in [-0.15, -0.1) is 11.3 Å². The predicted molar refractivity (Wildman–Crippen MR) is 264 cm³/mol. The van der Waals surface area contributed by atoms with Gasteiger partial charge in [-0.05, 0) is 88.1 Å². The fourth-order valence-corrected chi connectivity index (χ4v) is 11.0. The third-order valence-electron chi connectivity index (χ3n) is 12.5. The van der Waals surface area contributed by atoms with E-state index in [1.165, 1.54) is 69.5 Å². The zero-order valence-electron chi connectivity index (χ0n) is 33.5. The topological polar surface area (TPSA) is 21.3 Å². The van der Waals surface area contributed by atoms with Crippen molar-refractivity contribution >= 4 is 103 Å². The average molecular weight is 809 g/mol. The Hall–Kier alpha value is -7.92. The molecule has 0 aliphatic heterocycles. The van der Waals surface area contributed by atoms with E-state index in [0.717, 1.165) is 50.2 Å². The fraction of sp³-hybridized carbons (Fsp3) is 0. The van der Waals surface area contributed by atoms with E-state index in [2.05, 4.69) is 222 Å². The average Bonchev–Trinajstić information content (AvgIpc) is 4.03. The minimum atomic E-state index is 0.861. The van der Waals surface area contributed by atoms with Crippen molar-refractivity contribution in [1.29, 1.82) is 0 Å². The Bertz CT molecular complexity index is 3860. The number of anilines is 3. The van der Waals surface area contributed by atoms with E-state index in [9.17, 15) is 0 Å². The summed E-state index contributed by atoms with van der Waals surface area (Å²) in [4.78, 5) is 2.44. The quantitative estimate of drug-likeness (QED) is 0.167. The van der Waals surface area contributed by atoms with Crippen LogP contribution in [0.2, 0.25) is 0 Å². The first kappa shape index (κ1) is 34.9. The van der Waals surface area contributed by atoms with Crippen molar-refractivity contribution < 1.29 is 4.42 Å². The second-order valence-corrected chi connectivity index (χ2v) is 17.1. The van der Waals surface area contributed by atoms with Gasteiger partial charge in [0.05, 0.1) is 27.1 Å². The van der Waals surface area contributed by atoms with Crippen LogP contribution in [-0.2, 0) is 0 Å². The van der Waals surface area contributed by atoms with Gasteiger partial charge < -0.3 is 13.9 Å². The summed E-state index contributed by atoms with van der Waals surface area (Å²) in [5.41, 5.74) is 13.1. The first-order chi connectivity index (χ1) is 30.8. The minimum absolute atomic E-state index is 0.861. The highest BCUT2D eigenvalue weighted by molar-refractivity contribution is 7.26. The summed E-state index contributed by atoms with van der Waals surface area (Å²) in [5, 5.41) is 9.68. The zero-order valence-corrected chi connectivity index (χ0v) is 34.3. The number of nitrogens with zero attached hydrogens (tertiary/aromatic N) is 2. The largest absolute Gasteiger partial charge is 0.454 e. The Labute approximate surface area is 361 Å². The van der Waals surface area contributed by atoms with Crippen LogP contribution in [0.1, 0.15) is 0 Å². The molecule has 3 nitrogen and oxygen atoms in total. The lowest BCUT2D eigenvalue weighted by Crippen LogP contribution is -2.10. The van der Waals surface area contributed by atoms with Crippen LogP contribution in [0.3, 0.4) is 0 Å². The third-order valence-corrected chi connectivity index (χ3v) is 13.7. The van der Waals surface area contributed by atoms with E-state index >= 15 is 0 Å². The second kappa shape index (κ2) is 13.8. The van der Waals surface area contributed by atoms with Gasteiger partial charge in [-0.25, -0.2) is 0 Å². The maximum Gasteiger partial charge on any atom is 0.159 e. The number of hydrogen-bond donors (Lipinski definition) is 0. The number of fused-ring (bicyclic) bond motifs is 11. The molecule has 62 heavy (non-hydrogen) atoms. The van der Waals surface area contributed by atoms with Crippen molar-refractivity contribution in [1.82, 2.24) is 4.57 Å². The SMILES string of the molecule is c1ccc(-c2cc(-c3ccccc3)c3c(c2)c2ccc(N(c4cccc5c4oc4ccccc45)c4cccc5c4sc4ccc6ccccc6c45)cc2n3-c2ccccc2)cc1. The standard InChI is InChI=1S/C58H36N2OS/c1-4-16-37(17-5-1)40-34-48(38-18-6-2-7-19-38)56-49(35-40)44-32-31-42(36-52(44)60(56)41-21-8-3-9-22-41)59(50-27-14-25-46-45-24-12-13-29-53(45)61-57(46)50)51-28-15-26-47-55-43-23-11-10-20-39(43)30-33-54(55)62-58(47)51/h1-36H. The molecule has 0 amide bonds. The molecule has 0 saturated heterocycles. The van der Waals surface area contributed by atoms with Gasteiger partial charge in [0.1, 0.15) is 5.58 Å². The van der Waals surface area contributed by atoms with Gasteiger partial charge >= 0.3 is 0 Å². The van der Waals surface area contributed by atoms with Gasteiger partial charge in [0.15, 0.2) is 5.58 Å². The highest BCUT2D eigenvalue weighted by Gasteiger charge is 2.25. The number of benzene rings is 10. The number of aromatic nitrogens is 1. The molecule has 0 N–H and O–H groups in total. The van der Waals surface area contributed by atoms with Crippen LogP contribution in [0.25, 0.3) is 103 Å². The molecule has 0 fully saturated rings. The molecule has 13 aromatic rings. The minimum Gasteiger partial charge on any atom is -0.454 e. The van der Waals surface area contributed by atoms with Crippen LogP contribution in [0.4, 0.5) is 17.1 Å². The van der Waals surface area contributed by atoms with Crippen LogP contribution in [0.5, 0.6) is 0 Å². The lowest BCUT2D eigenvalue weighted by Gasteiger charge is -2.26. The molecule has 290 valence electrons. The van der Waals surface area contributed by atoms with E-state index in [0.29, 0.717) is 0 Å². The Morgan fingerprint density at radius 1 is 0.435 bits per heavy atom. The summed E-state index contributed by atoms with van der Waals surface area (Å²) in [5.74, 6) is 0. The molecule has 0 unspecified atom stereocenters. The van der Waals surface area contributed by atoms with Crippen LogP contribution in [0.15, 0.2) is 223 Å². The van der Waals surface area contributed by atoms with Gasteiger partial charge in [-0.1, -0.05) is 158 Å².